The van der Waals surface area contributed by atoms with Gasteiger partial charge in [0.25, 0.3) is 0 Å². The molecule has 0 amide bonds. The molecule has 1 aliphatic rings. The van der Waals surface area contributed by atoms with Crippen LogP contribution in [0.4, 0.5) is 17.1 Å². The van der Waals surface area contributed by atoms with Crippen molar-refractivity contribution in [2.24, 2.45) is 0 Å². The average Bonchev–Trinajstić information content (AvgIpc) is 3.69. The van der Waals surface area contributed by atoms with Gasteiger partial charge in [0.05, 0.1) is 22.4 Å². The molecule has 1 heterocycles. The van der Waals surface area contributed by atoms with Crippen molar-refractivity contribution in [3.63, 3.8) is 0 Å². The molecular formula is C62H54N2. The van der Waals surface area contributed by atoms with Crippen LogP contribution < -0.4 is 4.90 Å². The number of fused-ring (bicyclic) bond motifs is 4. The lowest BCUT2D eigenvalue weighted by Gasteiger charge is -2.31. The Kier molecular flexibility index (Phi) is 10.2. The Hall–Kier alpha value is -7.16. The van der Waals surface area contributed by atoms with Crippen LogP contribution in [-0.4, -0.2) is 4.57 Å². The monoisotopic (exact) mass is 826 g/mol. The van der Waals surface area contributed by atoms with E-state index in [-0.39, 0.29) is 5.41 Å². The molecule has 1 saturated carbocycles. The first kappa shape index (κ1) is 39.7. The second-order valence-electron chi connectivity index (χ2n) is 18.7. The number of benzene rings is 9. The predicted octanol–water partition coefficient (Wildman–Crippen LogP) is 17.8. The average molecular weight is 827 g/mol. The summed E-state index contributed by atoms with van der Waals surface area (Å²) in [4.78, 5) is 2.51. The maximum Gasteiger partial charge on any atom is 0.0619 e. The molecule has 0 bridgehead atoms. The molecule has 64 heavy (non-hydrogen) atoms. The van der Waals surface area contributed by atoms with Gasteiger partial charge in [0.2, 0.25) is 0 Å². The molecule has 0 saturated heterocycles. The fourth-order valence-electron chi connectivity index (χ4n) is 10.6. The fourth-order valence-corrected chi connectivity index (χ4v) is 10.6. The van der Waals surface area contributed by atoms with E-state index >= 15 is 0 Å². The molecular weight excluding hydrogens is 773 g/mol. The van der Waals surface area contributed by atoms with E-state index in [0.717, 1.165) is 22.7 Å². The van der Waals surface area contributed by atoms with Gasteiger partial charge < -0.3 is 9.47 Å². The zero-order valence-electron chi connectivity index (χ0n) is 37.1. The summed E-state index contributed by atoms with van der Waals surface area (Å²) in [6, 6.07) is 76.8. The number of rotatable bonds is 8. The Labute approximate surface area is 378 Å². The lowest BCUT2D eigenvalue weighted by Crippen LogP contribution is -2.13. The SMILES string of the molecule is CC(C)(C)c1ccc(-c2ccccc2N(c2ccc(-c3cccc4c5ccccc5n(-c5ccccc5)c34)cc2)c2ccccc2-c2cccc3cccc(C4CCCCC4)c23)cc1. The van der Waals surface area contributed by atoms with Crippen molar-refractivity contribution < 1.29 is 0 Å². The minimum atomic E-state index is 0.0689. The van der Waals surface area contributed by atoms with E-state index in [4.69, 9.17) is 0 Å². The second-order valence-corrected chi connectivity index (χ2v) is 18.7. The summed E-state index contributed by atoms with van der Waals surface area (Å²) in [5.41, 5.74) is 17.2. The molecule has 2 nitrogen and oxygen atoms in total. The van der Waals surface area contributed by atoms with Crippen molar-refractivity contribution in [1.82, 2.24) is 4.57 Å². The van der Waals surface area contributed by atoms with Crippen molar-refractivity contribution in [2.75, 3.05) is 4.90 Å². The Morgan fingerprint density at radius 1 is 0.453 bits per heavy atom. The van der Waals surface area contributed by atoms with Crippen molar-refractivity contribution in [2.45, 2.75) is 64.2 Å². The van der Waals surface area contributed by atoms with Gasteiger partial charge in [0.15, 0.2) is 0 Å². The zero-order valence-corrected chi connectivity index (χ0v) is 37.1. The lowest BCUT2D eigenvalue weighted by atomic mass is 9.80. The molecule has 9 aromatic carbocycles. The molecule has 0 unspecified atom stereocenters. The van der Waals surface area contributed by atoms with Crippen molar-refractivity contribution in [3.05, 3.63) is 217 Å². The number of nitrogens with zero attached hydrogens (tertiary/aromatic N) is 2. The first-order valence-electron chi connectivity index (χ1n) is 23.2. The summed E-state index contributed by atoms with van der Waals surface area (Å²) in [7, 11) is 0. The van der Waals surface area contributed by atoms with Crippen LogP contribution in [0.5, 0.6) is 0 Å². The van der Waals surface area contributed by atoms with Crippen molar-refractivity contribution in [3.8, 4) is 39.1 Å². The highest BCUT2D eigenvalue weighted by Crippen LogP contribution is 2.48. The third kappa shape index (κ3) is 7.08. The highest BCUT2D eigenvalue weighted by Gasteiger charge is 2.25. The van der Waals surface area contributed by atoms with Gasteiger partial charge in [-0.3, -0.25) is 0 Å². The van der Waals surface area contributed by atoms with E-state index in [1.54, 1.807) is 0 Å². The molecule has 0 atom stereocenters. The standard InChI is InChI=1S/C62H54N2/c1-62(2,3)47-39-35-44(36-40-47)50-25-10-13-32-57(50)63(58-33-14-11-26-53(58)55-30-17-22-46-21-16-28-51(60(46)55)43-19-6-4-7-20-43)49-41-37-45(38-42-49)52-29-18-31-56-54-27-12-15-34-59(54)64(61(52)56)48-23-8-5-9-24-48/h5,8-18,21-43H,4,6-7,19-20H2,1-3H3. The number of aromatic nitrogens is 1. The Morgan fingerprint density at radius 3 is 1.77 bits per heavy atom. The first-order valence-corrected chi connectivity index (χ1v) is 23.2. The molecule has 0 spiro atoms. The largest absolute Gasteiger partial charge is 0.309 e. The van der Waals surface area contributed by atoms with Crippen molar-refractivity contribution in [1.29, 1.82) is 0 Å². The fraction of sp³-hybridized carbons (Fsp3) is 0.161. The van der Waals surface area contributed by atoms with Gasteiger partial charge in [-0.15, -0.1) is 0 Å². The van der Waals surface area contributed by atoms with Gasteiger partial charge in [-0.05, 0) is 105 Å². The van der Waals surface area contributed by atoms with Gasteiger partial charge >= 0.3 is 0 Å². The maximum atomic E-state index is 2.51. The summed E-state index contributed by atoms with van der Waals surface area (Å²) in [6.45, 7) is 6.85. The summed E-state index contributed by atoms with van der Waals surface area (Å²) >= 11 is 0. The van der Waals surface area contributed by atoms with Crippen LogP contribution in [0.25, 0.3) is 71.6 Å². The number of anilines is 3. The van der Waals surface area contributed by atoms with Crippen LogP contribution in [0.15, 0.2) is 206 Å². The van der Waals surface area contributed by atoms with E-state index < -0.39 is 0 Å². The molecule has 1 aliphatic carbocycles. The van der Waals surface area contributed by atoms with Gasteiger partial charge in [-0.25, -0.2) is 0 Å². The summed E-state index contributed by atoms with van der Waals surface area (Å²) < 4.78 is 2.43. The molecule has 0 N–H and O–H groups in total. The van der Waals surface area contributed by atoms with Crippen LogP contribution in [-0.2, 0) is 5.41 Å². The van der Waals surface area contributed by atoms with E-state index in [1.165, 1.54) is 109 Å². The van der Waals surface area contributed by atoms with Gasteiger partial charge in [-0.2, -0.15) is 0 Å². The molecule has 1 fully saturated rings. The molecule has 1 aromatic heterocycles. The van der Waals surface area contributed by atoms with Crippen LogP contribution in [0, 0.1) is 0 Å². The summed E-state index contributed by atoms with van der Waals surface area (Å²) in [5.74, 6) is 0.580. The normalized spacial score (nSPS) is 13.5. The highest BCUT2D eigenvalue weighted by atomic mass is 15.1. The minimum Gasteiger partial charge on any atom is -0.309 e. The highest BCUT2D eigenvalue weighted by molar-refractivity contribution is 6.14. The third-order valence-corrected chi connectivity index (χ3v) is 13.8. The van der Waals surface area contributed by atoms with Crippen LogP contribution in [0.2, 0.25) is 0 Å². The number of hydrogen-bond donors (Lipinski definition) is 0. The molecule has 312 valence electrons. The van der Waals surface area contributed by atoms with E-state index in [0.29, 0.717) is 5.92 Å². The van der Waals surface area contributed by atoms with Gasteiger partial charge in [0, 0.05) is 38.8 Å². The first-order chi connectivity index (χ1) is 31.4. The van der Waals surface area contributed by atoms with Crippen LogP contribution >= 0.6 is 0 Å². The zero-order chi connectivity index (χ0) is 43.2. The molecule has 2 heteroatoms. The number of para-hydroxylation sites is 5. The number of hydrogen-bond acceptors (Lipinski definition) is 1. The lowest BCUT2D eigenvalue weighted by molar-refractivity contribution is 0.445. The van der Waals surface area contributed by atoms with Gasteiger partial charge in [-0.1, -0.05) is 204 Å². The third-order valence-electron chi connectivity index (χ3n) is 13.8. The molecule has 0 radical (unpaired) electrons. The maximum absolute atomic E-state index is 2.51. The quantitative estimate of drug-likeness (QED) is 0.148. The Balaban J connectivity index is 1.11. The van der Waals surface area contributed by atoms with Crippen molar-refractivity contribution >= 4 is 49.6 Å². The minimum absolute atomic E-state index is 0.0689. The Morgan fingerprint density at radius 2 is 1.02 bits per heavy atom. The smallest absolute Gasteiger partial charge is 0.0619 e. The topological polar surface area (TPSA) is 8.17 Å². The summed E-state index contributed by atoms with van der Waals surface area (Å²) in [6.07, 6.45) is 6.47. The Bertz CT molecular complexity index is 3260. The molecule has 10 aromatic rings. The predicted molar refractivity (Wildman–Crippen MR) is 274 cm³/mol. The van der Waals surface area contributed by atoms with E-state index in [1.807, 2.05) is 0 Å². The second kappa shape index (κ2) is 16.5. The van der Waals surface area contributed by atoms with E-state index in [9.17, 15) is 0 Å². The van der Waals surface area contributed by atoms with E-state index in [2.05, 4.69) is 236 Å². The molecule has 0 aliphatic heterocycles. The van der Waals surface area contributed by atoms with Gasteiger partial charge in [0.1, 0.15) is 0 Å². The van der Waals surface area contributed by atoms with Crippen LogP contribution in [0.3, 0.4) is 0 Å². The van der Waals surface area contributed by atoms with Crippen LogP contribution in [0.1, 0.15) is 69.9 Å². The molecule has 11 rings (SSSR count). The summed E-state index contributed by atoms with van der Waals surface area (Å²) in [5, 5.41) is 5.22.